The molecule has 0 bridgehead atoms. The minimum absolute atomic E-state index is 0.654. The fourth-order valence-electron chi connectivity index (χ4n) is 2.96. The van der Waals surface area contributed by atoms with E-state index in [-0.39, 0.29) is 0 Å². The fraction of sp³-hybridized carbons (Fsp3) is 0.368. The molecule has 0 unspecified atom stereocenters. The standard InChI is InChI=1S/C19H21N3O2S/c1-13-14(2)25-19-17(13)18(24-15-6-4-3-5-7-15)20-16(21-19)12-22-8-10-23-11-9-22/h3-7H,8-12H2,1-2H3. The van der Waals surface area contributed by atoms with Crippen LogP contribution in [0.15, 0.2) is 30.3 Å². The zero-order chi connectivity index (χ0) is 17.2. The number of hydrogen-bond acceptors (Lipinski definition) is 6. The van der Waals surface area contributed by atoms with Gasteiger partial charge in [-0.1, -0.05) is 18.2 Å². The molecule has 6 heteroatoms. The third-order valence-corrected chi connectivity index (χ3v) is 5.57. The summed E-state index contributed by atoms with van der Waals surface area (Å²) in [6, 6.07) is 9.81. The van der Waals surface area contributed by atoms with Crippen LogP contribution < -0.4 is 4.74 Å². The molecule has 1 saturated heterocycles. The lowest BCUT2D eigenvalue weighted by Gasteiger charge is -2.25. The number of thiophene rings is 1. The molecule has 0 aliphatic carbocycles. The van der Waals surface area contributed by atoms with E-state index in [4.69, 9.17) is 19.4 Å². The zero-order valence-corrected chi connectivity index (χ0v) is 15.3. The Kier molecular flexibility index (Phi) is 4.65. The van der Waals surface area contributed by atoms with Crippen LogP contribution in [0.5, 0.6) is 11.6 Å². The molecule has 130 valence electrons. The maximum absolute atomic E-state index is 6.13. The summed E-state index contributed by atoms with van der Waals surface area (Å²) in [7, 11) is 0. The normalized spacial score (nSPS) is 15.6. The first-order valence-corrected chi connectivity index (χ1v) is 9.32. The van der Waals surface area contributed by atoms with Gasteiger partial charge in [-0.3, -0.25) is 4.90 Å². The molecule has 0 spiro atoms. The number of nitrogens with zero attached hydrogens (tertiary/aromatic N) is 3. The van der Waals surface area contributed by atoms with Crippen molar-refractivity contribution in [3.8, 4) is 11.6 Å². The Balaban J connectivity index is 1.72. The van der Waals surface area contributed by atoms with Crippen molar-refractivity contribution in [2.24, 2.45) is 0 Å². The minimum atomic E-state index is 0.654. The Bertz CT molecular complexity index is 873. The summed E-state index contributed by atoms with van der Waals surface area (Å²) >= 11 is 1.71. The lowest BCUT2D eigenvalue weighted by Crippen LogP contribution is -2.36. The molecule has 0 N–H and O–H groups in total. The van der Waals surface area contributed by atoms with Crippen molar-refractivity contribution in [3.05, 3.63) is 46.6 Å². The van der Waals surface area contributed by atoms with Gasteiger partial charge >= 0.3 is 0 Å². The summed E-state index contributed by atoms with van der Waals surface area (Å²) < 4.78 is 11.6. The average molecular weight is 355 g/mol. The molecular formula is C19H21N3O2S. The highest BCUT2D eigenvalue weighted by Gasteiger charge is 2.18. The van der Waals surface area contributed by atoms with Crippen LogP contribution in [0.3, 0.4) is 0 Å². The molecule has 1 aliphatic heterocycles. The molecule has 1 aliphatic rings. The Morgan fingerprint density at radius 1 is 1.12 bits per heavy atom. The van der Waals surface area contributed by atoms with Crippen molar-refractivity contribution >= 4 is 21.6 Å². The Morgan fingerprint density at radius 3 is 2.64 bits per heavy atom. The molecule has 1 fully saturated rings. The highest BCUT2D eigenvalue weighted by Crippen LogP contribution is 2.36. The van der Waals surface area contributed by atoms with Crippen LogP contribution >= 0.6 is 11.3 Å². The molecule has 25 heavy (non-hydrogen) atoms. The summed E-state index contributed by atoms with van der Waals surface area (Å²) in [4.78, 5) is 14.1. The summed E-state index contributed by atoms with van der Waals surface area (Å²) in [6.45, 7) is 8.32. The minimum Gasteiger partial charge on any atom is -0.438 e. The summed E-state index contributed by atoms with van der Waals surface area (Å²) in [5, 5.41) is 1.03. The van der Waals surface area contributed by atoms with E-state index in [0.717, 1.165) is 54.6 Å². The van der Waals surface area contributed by atoms with Crippen LogP contribution in [-0.2, 0) is 11.3 Å². The Hall–Kier alpha value is -2.02. The lowest BCUT2D eigenvalue weighted by atomic mass is 10.2. The molecule has 2 aromatic heterocycles. The topological polar surface area (TPSA) is 47.5 Å². The fourth-order valence-corrected chi connectivity index (χ4v) is 4.00. The van der Waals surface area contributed by atoms with Crippen LogP contribution in [-0.4, -0.2) is 41.2 Å². The van der Waals surface area contributed by atoms with Gasteiger partial charge in [0.15, 0.2) is 0 Å². The number of fused-ring (bicyclic) bond motifs is 1. The van der Waals surface area contributed by atoms with E-state index in [2.05, 4.69) is 18.7 Å². The third-order valence-electron chi connectivity index (χ3n) is 4.47. The predicted octanol–water partition coefficient (Wildman–Crippen LogP) is 3.93. The number of benzene rings is 1. The third kappa shape index (κ3) is 3.51. The van der Waals surface area contributed by atoms with Gasteiger partial charge in [-0.15, -0.1) is 11.3 Å². The molecular weight excluding hydrogens is 334 g/mol. The van der Waals surface area contributed by atoms with Crippen molar-refractivity contribution in [2.45, 2.75) is 20.4 Å². The highest BCUT2D eigenvalue weighted by molar-refractivity contribution is 7.18. The van der Waals surface area contributed by atoms with Crippen LogP contribution in [0, 0.1) is 13.8 Å². The van der Waals surface area contributed by atoms with Crippen LogP contribution in [0.25, 0.3) is 10.2 Å². The van der Waals surface area contributed by atoms with Gasteiger partial charge in [-0.25, -0.2) is 4.98 Å². The number of hydrogen-bond donors (Lipinski definition) is 0. The smallest absolute Gasteiger partial charge is 0.231 e. The van der Waals surface area contributed by atoms with Gasteiger partial charge in [0.05, 0.1) is 25.1 Å². The highest BCUT2D eigenvalue weighted by atomic mass is 32.1. The summed E-state index contributed by atoms with van der Waals surface area (Å²) in [5.41, 5.74) is 1.20. The van der Waals surface area contributed by atoms with Gasteiger partial charge in [0.1, 0.15) is 16.4 Å². The SMILES string of the molecule is Cc1sc2nc(CN3CCOCC3)nc(Oc3ccccc3)c2c1C. The molecule has 3 heterocycles. The quantitative estimate of drug-likeness (QED) is 0.710. The van der Waals surface area contributed by atoms with E-state index in [1.54, 1.807) is 11.3 Å². The van der Waals surface area contributed by atoms with E-state index in [9.17, 15) is 0 Å². The van der Waals surface area contributed by atoms with Crippen molar-refractivity contribution in [2.75, 3.05) is 26.3 Å². The average Bonchev–Trinajstić information content (AvgIpc) is 2.91. The number of rotatable bonds is 4. The number of morpholine rings is 1. The van der Waals surface area contributed by atoms with E-state index in [1.807, 2.05) is 30.3 Å². The van der Waals surface area contributed by atoms with Crippen molar-refractivity contribution in [1.29, 1.82) is 0 Å². The van der Waals surface area contributed by atoms with Crippen LogP contribution in [0.2, 0.25) is 0 Å². The van der Waals surface area contributed by atoms with Gasteiger partial charge in [0.2, 0.25) is 5.88 Å². The number of aryl methyl sites for hydroxylation is 2. The largest absolute Gasteiger partial charge is 0.438 e. The second-order valence-corrected chi connectivity index (χ2v) is 7.42. The van der Waals surface area contributed by atoms with Crippen LogP contribution in [0.4, 0.5) is 0 Å². The van der Waals surface area contributed by atoms with Crippen LogP contribution in [0.1, 0.15) is 16.3 Å². The molecule has 0 atom stereocenters. The van der Waals surface area contributed by atoms with E-state index < -0.39 is 0 Å². The molecule has 0 radical (unpaired) electrons. The monoisotopic (exact) mass is 355 g/mol. The van der Waals surface area contributed by atoms with Crippen molar-refractivity contribution in [1.82, 2.24) is 14.9 Å². The van der Waals surface area contributed by atoms with E-state index in [1.165, 1.54) is 10.4 Å². The summed E-state index contributed by atoms with van der Waals surface area (Å²) in [6.07, 6.45) is 0. The number of para-hydroxylation sites is 1. The van der Waals surface area contributed by atoms with E-state index in [0.29, 0.717) is 5.88 Å². The molecule has 0 amide bonds. The van der Waals surface area contributed by atoms with Gasteiger partial charge in [0, 0.05) is 18.0 Å². The molecule has 3 aromatic rings. The second kappa shape index (κ2) is 7.07. The lowest BCUT2D eigenvalue weighted by molar-refractivity contribution is 0.0330. The zero-order valence-electron chi connectivity index (χ0n) is 14.5. The number of ether oxygens (including phenoxy) is 2. The van der Waals surface area contributed by atoms with Gasteiger partial charge < -0.3 is 9.47 Å². The maximum Gasteiger partial charge on any atom is 0.231 e. The first-order valence-electron chi connectivity index (χ1n) is 8.50. The molecule has 1 aromatic carbocycles. The van der Waals surface area contributed by atoms with Crippen molar-refractivity contribution < 1.29 is 9.47 Å². The molecule has 4 rings (SSSR count). The van der Waals surface area contributed by atoms with E-state index >= 15 is 0 Å². The van der Waals surface area contributed by atoms with Gasteiger partial charge in [0.25, 0.3) is 0 Å². The number of aromatic nitrogens is 2. The van der Waals surface area contributed by atoms with Gasteiger partial charge in [-0.05, 0) is 31.5 Å². The van der Waals surface area contributed by atoms with Gasteiger partial charge in [-0.2, -0.15) is 4.98 Å². The molecule has 5 nitrogen and oxygen atoms in total. The first-order chi connectivity index (χ1) is 12.2. The maximum atomic E-state index is 6.13. The summed E-state index contributed by atoms with van der Waals surface area (Å²) in [5.74, 6) is 2.26. The second-order valence-electron chi connectivity index (χ2n) is 6.21. The predicted molar refractivity (Wildman–Crippen MR) is 99.5 cm³/mol. The first kappa shape index (κ1) is 16.4. The van der Waals surface area contributed by atoms with Crippen molar-refractivity contribution in [3.63, 3.8) is 0 Å². The molecule has 0 saturated carbocycles. The Morgan fingerprint density at radius 2 is 1.88 bits per heavy atom. The Labute approximate surface area is 151 Å².